The Kier molecular flexibility index (Phi) is 18.8. The normalized spacial score (nSPS) is 7.78. The summed E-state index contributed by atoms with van der Waals surface area (Å²) in [5, 5.41) is 0. The van der Waals surface area contributed by atoms with Gasteiger partial charge in [-0.2, -0.15) is 0 Å². The summed E-state index contributed by atoms with van der Waals surface area (Å²) in [6.07, 6.45) is 0. The Bertz CT molecular complexity index is 45.8. The van der Waals surface area contributed by atoms with Gasteiger partial charge in [0, 0.05) is 0 Å². The van der Waals surface area contributed by atoms with E-state index in [1.165, 1.54) is 0 Å². The van der Waals surface area contributed by atoms with Crippen LogP contribution in [0.25, 0.3) is 0 Å². The minimum absolute atomic E-state index is 0. The number of rotatable bonds is 2. The molecule has 0 rings (SSSR count). The van der Waals surface area contributed by atoms with Gasteiger partial charge >= 0.3 is 59.6 Å². The van der Waals surface area contributed by atoms with Gasteiger partial charge in [-0.05, 0) is 0 Å². The summed E-state index contributed by atoms with van der Waals surface area (Å²) in [5.41, 5.74) is 0. The molecule has 0 aromatic rings. The molecular weight excluding hydrogens is 266 g/mol. The van der Waals surface area contributed by atoms with Gasteiger partial charge < -0.3 is 24.8 Å². The van der Waals surface area contributed by atoms with Gasteiger partial charge in [-0.1, -0.05) is 0 Å². The Labute approximate surface area is 83.7 Å². The molecule has 0 bridgehead atoms. The molecule has 9 heavy (non-hydrogen) atoms. The summed E-state index contributed by atoms with van der Waals surface area (Å²) >= 11 is 0.317. The molecule has 0 N–H and O–H groups in total. The van der Waals surface area contributed by atoms with Crippen LogP contribution in [0.15, 0.2) is 0 Å². The Morgan fingerprint density at radius 2 is 1.00 bits per heavy atom. The zero-order chi connectivity index (χ0) is 5.86. The molecule has 0 aliphatic rings. The summed E-state index contributed by atoms with van der Waals surface area (Å²) in [7, 11) is 0. The third-order valence-electron chi connectivity index (χ3n) is 0.667. The average Bonchev–Trinajstić information content (AvgIpc) is 1.27. The molecule has 0 spiro atoms. The van der Waals surface area contributed by atoms with Crippen LogP contribution < -0.4 is 24.8 Å². The van der Waals surface area contributed by atoms with E-state index in [-0.39, 0.29) is 36.7 Å². The molecule has 0 aromatic carbocycles. The first-order valence-electron chi connectivity index (χ1n) is 2.89. The SMILES string of the molecule is C[SiH](C)[Zr+2][SiH](C)C.[Cl-].[Cl-]. The molecule has 0 aliphatic heterocycles. The van der Waals surface area contributed by atoms with Gasteiger partial charge in [0.05, 0.1) is 0 Å². The fourth-order valence-corrected chi connectivity index (χ4v) is 35.5. The van der Waals surface area contributed by atoms with E-state index in [9.17, 15) is 0 Å². The van der Waals surface area contributed by atoms with Gasteiger partial charge in [0.15, 0.2) is 0 Å². The second-order valence-electron chi connectivity index (χ2n) is 2.48. The van der Waals surface area contributed by atoms with Crippen LogP contribution >= 0.6 is 0 Å². The molecule has 0 saturated heterocycles. The minimum atomic E-state index is 0. The van der Waals surface area contributed by atoms with Crippen LogP contribution in [0.5, 0.6) is 0 Å². The van der Waals surface area contributed by atoms with E-state index in [1.807, 2.05) is 0 Å². The third-order valence-corrected chi connectivity index (χ3v) is 35.5. The summed E-state index contributed by atoms with van der Waals surface area (Å²) in [5.74, 6) is 0.00667. The fraction of sp³-hybridized carbons (Fsp3) is 1.00. The Morgan fingerprint density at radius 1 is 0.778 bits per heavy atom. The predicted octanol–water partition coefficient (Wildman–Crippen LogP) is -4.96. The van der Waals surface area contributed by atoms with E-state index < -0.39 is 0 Å². The molecule has 0 aromatic heterocycles. The van der Waals surface area contributed by atoms with Crippen LogP contribution in [0.3, 0.4) is 0 Å². The molecule has 0 atom stereocenters. The summed E-state index contributed by atoms with van der Waals surface area (Å²) in [6.45, 7) is 10.1. The molecule has 0 nitrogen and oxygen atoms in total. The van der Waals surface area contributed by atoms with Gasteiger partial charge in [-0.15, -0.1) is 0 Å². The molecule has 0 heterocycles. The Morgan fingerprint density at radius 3 is 1.00 bits per heavy atom. The van der Waals surface area contributed by atoms with Crippen molar-refractivity contribution >= 4 is 11.8 Å². The van der Waals surface area contributed by atoms with E-state index >= 15 is 0 Å². The topological polar surface area (TPSA) is 0 Å². The van der Waals surface area contributed by atoms with Crippen molar-refractivity contribution in [1.29, 1.82) is 0 Å². The second-order valence-corrected chi connectivity index (χ2v) is 32.8. The molecule has 56 valence electrons. The van der Waals surface area contributed by atoms with Gasteiger partial charge in [0.25, 0.3) is 0 Å². The van der Waals surface area contributed by atoms with E-state index in [4.69, 9.17) is 0 Å². The van der Waals surface area contributed by atoms with Crippen molar-refractivity contribution in [3.63, 3.8) is 0 Å². The maximum absolute atomic E-state index is 2.51. The summed E-state index contributed by atoms with van der Waals surface area (Å²) in [4.78, 5) is 0. The van der Waals surface area contributed by atoms with E-state index in [0.717, 1.165) is 0 Å². The zero-order valence-corrected chi connectivity index (χ0v) is 12.7. The van der Waals surface area contributed by atoms with Crippen molar-refractivity contribution in [3.8, 4) is 0 Å². The maximum Gasteiger partial charge on any atom is -1.00 e. The predicted molar refractivity (Wildman–Crippen MR) is 37.8 cm³/mol. The van der Waals surface area contributed by atoms with Crippen molar-refractivity contribution < 1.29 is 46.4 Å². The van der Waals surface area contributed by atoms with Crippen molar-refractivity contribution in [3.05, 3.63) is 0 Å². The fourth-order valence-electron chi connectivity index (χ4n) is 0.667. The zero-order valence-electron chi connectivity index (χ0n) is 6.41. The van der Waals surface area contributed by atoms with E-state index in [1.54, 1.807) is 0 Å². The van der Waals surface area contributed by atoms with Crippen LogP contribution in [0.2, 0.25) is 26.2 Å². The quantitative estimate of drug-likeness (QED) is 0.445. The van der Waals surface area contributed by atoms with Crippen molar-refractivity contribution in [1.82, 2.24) is 0 Å². The molecule has 0 fully saturated rings. The summed E-state index contributed by atoms with van der Waals surface area (Å²) in [6, 6.07) is 0. The Balaban J connectivity index is -0.000000180. The minimum Gasteiger partial charge on any atom is -1.00 e. The number of hydrogen-bond acceptors (Lipinski definition) is 0. The first-order chi connectivity index (χ1) is 3.13. The molecule has 0 amide bonds. The molecule has 0 saturated carbocycles. The number of hydrogen-bond donors (Lipinski definition) is 0. The monoisotopic (exact) mass is 278 g/mol. The van der Waals surface area contributed by atoms with Crippen molar-refractivity contribution in [2.45, 2.75) is 26.2 Å². The molecule has 5 heteroatoms. The van der Waals surface area contributed by atoms with Crippen LogP contribution in [0.1, 0.15) is 0 Å². The Hall–Kier alpha value is 1.90. The van der Waals surface area contributed by atoms with Crippen LogP contribution in [0.4, 0.5) is 0 Å². The molecule has 0 aliphatic carbocycles. The third kappa shape index (κ3) is 17.7. The standard InChI is InChI=1S/2C2H7Si.2ClH.Zr/c2*1-3-2;;;/h2*3H,1-2H3;2*1H;/q;;;;+2/p-2. The van der Waals surface area contributed by atoms with Crippen LogP contribution in [0, 0.1) is 0 Å². The average molecular weight is 280 g/mol. The molecule has 0 unspecified atom stereocenters. The van der Waals surface area contributed by atoms with Gasteiger partial charge in [-0.25, -0.2) is 0 Å². The summed E-state index contributed by atoms with van der Waals surface area (Å²) < 4.78 is 0. The first kappa shape index (κ1) is 17.1. The van der Waals surface area contributed by atoms with E-state index in [2.05, 4.69) is 26.2 Å². The van der Waals surface area contributed by atoms with Gasteiger partial charge in [0.1, 0.15) is 0 Å². The van der Waals surface area contributed by atoms with E-state index in [0.29, 0.717) is 21.6 Å². The van der Waals surface area contributed by atoms with Crippen molar-refractivity contribution in [2.24, 2.45) is 0 Å². The van der Waals surface area contributed by atoms with Crippen LogP contribution in [-0.4, -0.2) is 11.8 Å². The number of halogens is 2. The van der Waals surface area contributed by atoms with Gasteiger partial charge in [-0.3, -0.25) is 0 Å². The molecular formula is C4H14Cl2Si2Zr. The van der Waals surface area contributed by atoms with Crippen LogP contribution in [-0.2, 0) is 21.6 Å². The largest absolute Gasteiger partial charge is 1.00 e. The van der Waals surface area contributed by atoms with Crippen molar-refractivity contribution in [2.75, 3.05) is 0 Å². The molecule has 0 radical (unpaired) electrons. The van der Waals surface area contributed by atoms with Gasteiger partial charge in [0.2, 0.25) is 0 Å². The first-order valence-corrected chi connectivity index (χ1v) is 17.2. The smallest absolute Gasteiger partial charge is 1.00 e. The maximum atomic E-state index is 2.51. The second kappa shape index (κ2) is 9.90.